The van der Waals surface area contributed by atoms with Crippen molar-refractivity contribution in [2.75, 3.05) is 11.9 Å². The average Bonchev–Trinajstić information content (AvgIpc) is 2.97. The molecule has 5 rings (SSSR count). The second-order valence-corrected chi connectivity index (χ2v) is 9.56. The van der Waals surface area contributed by atoms with E-state index in [0.717, 1.165) is 17.8 Å². The number of aromatic nitrogens is 1. The number of hydrogen-bond acceptors (Lipinski definition) is 5. The van der Waals surface area contributed by atoms with Gasteiger partial charge >= 0.3 is 0 Å². The summed E-state index contributed by atoms with van der Waals surface area (Å²) < 4.78 is 0. The number of primary amides is 1. The van der Waals surface area contributed by atoms with Crippen LogP contribution in [0.2, 0.25) is 0 Å². The smallest absolute Gasteiger partial charge is 0.245 e. The molecule has 0 aromatic carbocycles. The Morgan fingerprint density at radius 1 is 1.11 bits per heavy atom. The topological polar surface area (TPSA) is 114 Å². The highest BCUT2D eigenvalue weighted by atomic mass is 32.1. The molecule has 8 heteroatoms. The molecule has 0 radical (unpaired) electrons. The van der Waals surface area contributed by atoms with E-state index in [1.807, 2.05) is 0 Å². The van der Waals surface area contributed by atoms with Crippen molar-refractivity contribution in [2.45, 2.75) is 51.4 Å². The lowest BCUT2D eigenvalue weighted by Crippen LogP contribution is -2.48. The zero-order chi connectivity index (χ0) is 19.0. The van der Waals surface area contributed by atoms with Gasteiger partial charge in [-0.2, -0.15) is 0 Å². The first kappa shape index (κ1) is 18.4. The van der Waals surface area contributed by atoms with Gasteiger partial charge in [-0.25, -0.2) is 4.98 Å². The zero-order valence-electron chi connectivity index (χ0n) is 15.3. The lowest BCUT2D eigenvalue weighted by Gasteiger charge is -2.56. The van der Waals surface area contributed by atoms with Crippen LogP contribution < -0.4 is 16.4 Å². The van der Waals surface area contributed by atoms with Crippen LogP contribution in [0.3, 0.4) is 0 Å². The Morgan fingerprint density at radius 2 is 1.74 bits per heavy atom. The molecule has 3 amide bonds. The first-order valence-electron chi connectivity index (χ1n) is 9.68. The van der Waals surface area contributed by atoms with E-state index in [-0.39, 0.29) is 30.2 Å². The van der Waals surface area contributed by atoms with E-state index in [9.17, 15) is 14.4 Å². The molecular formula is C19H26N4O3S. The Morgan fingerprint density at radius 3 is 2.33 bits per heavy atom. The molecule has 27 heavy (non-hydrogen) atoms. The number of carbonyl (C=O) groups is 3. The van der Waals surface area contributed by atoms with Crippen LogP contribution in [-0.4, -0.2) is 29.3 Å². The van der Waals surface area contributed by atoms with Crippen LogP contribution in [0.5, 0.6) is 0 Å². The highest BCUT2D eigenvalue weighted by molar-refractivity contribution is 7.13. The summed E-state index contributed by atoms with van der Waals surface area (Å²) in [6, 6.07) is 0. The summed E-state index contributed by atoms with van der Waals surface area (Å²) >= 11 is 1.23. The molecule has 4 aliphatic carbocycles. The molecule has 4 aliphatic rings. The molecule has 7 nitrogen and oxygen atoms in total. The van der Waals surface area contributed by atoms with Crippen molar-refractivity contribution in [1.29, 1.82) is 0 Å². The molecule has 0 aliphatic heterocycles. The van der Waals surface area contributed by atoms with Gasteiger partial charge in [-0.1, -0.05) is 0 Å². The van der Waals surface area contributed by atoms with Gasteiger partial charge in [-0.15, -0.1) is 11.3 Å². The second-order valence-electron chi connectivity index (χ2n) is 8.71. The lowest BCUT2D eigenvalue weighted by molar-refractivity contribution is -0.131. The zero-order valence-corrected chi connectivity index (χ0v) is 16.1. The van der Waals surface area contributed by atoms with Crippen molar-refractivity contribution in [3.8, 4) is 0 Å². The van der Waals surface area contributed by atoms with Gasteiger partial charge in [-0.3, -0.25) is 14.4 Å². The van der Waals surface area contributed by atoms with Crippen LogP contribution in [-0.2, 0) is 20.8 Å². The highest BCUT2D eigenvalue weighted by Crippen LogP contribution is 2.61. The molecule has 1 aromatic rings. The molecule has 1 aromatic heterocycles. The van der Waals surface area contributed by atoms with E-state index >= 15 is 0 Å². The standard InChI is InChI=1S/C19H26N4O3S/c20-15(24)4-14-10-27-18(22-14)23-17(26)9-21-16(25)8-19-5-11-1-12(6-19)3-13(2-11)7-19/h10-13H,1-9H2,(H2,20,24)(H,21,25)(H,22,23,26). The molecule has 4 saturated carbocycles. The summed E-state index contributed by atoms with van der Waals surface area (Å²) in [7, 11) is 0. The fraction of sp³-hybridized carbons (Fsp3) is 0.684. The molecule has 4 N–H and O–H groups in total. The highest BCUT2D eigenvalue weighted by Gasteiger charge is 2.51. The molecule has 1 heterocycles. The largest absolute Gasteiger partial charge is 0.369 e. The Bertz CT molecular complexity index is 725. The number of hydrogen-bond donors (Lipinski definition) is 3. The molecule has 0 spiro atoms. The maximum Gasteiger partial charge on any atom is 0.245 e. The Kier molecular flexibility index (Phi) is 4.92. The van der Waals surface area contributed by atoms with Gasteiger partial charge in [-0.05, 0) is 61.7 Å². The molecule has 0 unspecified atom stereocenters. The third-order valence-electron chi connectivity index (χ3n) is 6.30. The first-order chi connectivity index (χ1) is 12.9. The quantitative estimate of drug-likeness (QED) is 0.659. The van der Waals surface area contributed by atoms with Crippen molar-refractivity contribution in [3.63, 3.8) is 0 Å². The third kappa shape index (κ3) is 4.31. The van der Waals surface area contributed by atoms with Gasteiger partial charge < -0.3 is 16.4 Å². The van der Waals surface area contributed by atoms with Crippen molar-refractivity contribution >= 4 is 34.2 Å². The minimum absolute atomic E-state index is 0.0272. The van der Waals surface area contributed by atoms with E-state index in [1.54, 1.807) is 5.38 Å². The van der Waals surface area contributed by atoms with Gasteiger partial charge in [0, 0.05) is 11.8 Å². The molecule has 0 atom stereocenters. The number of thiazole rings is 1. The summed E-state index contributed by atoms with van der Waals surface area (Å²) in [5, 5.41) is 7.52. The number of rotatable bonds is 7. The fourth-order valence-corrected chi connectivity index (χ4v) is 6.60. The predicted octanol–water partition coefficient (Wildman–Crippen LogP) is 1.83. The normalized spacial score (nSPS) is 30.9. The van der Waals surface area contributed by atoms with E-state index in [4.69, 9.17) is 5.73 Å². The monoisotopic (exact) mass is 390 g/mol. The number of nitrogens with one attached hydrogen (secondary N) is 2. The van der Waals surface area contributed by atoms with Gasteiger partial charge in [0.05, 0.1) is 18.7 Å². The molecule has 0 saturated heterocycles. The summed E-state index contributed by atoms with van der Waals surface area (Å²) in [5.74, 6) is 1.63. The van der Waals surface area contributed by atoms with E-state index < -0.39 is 5.91 Å². The maximum atomic E-state index is 12.5. The Hall–Kier alpha value is -1.96. The Labute approximate surface area is 162 Å². The Balaban J connectivity index is 1.24. The number of anilines is 1. The van der Waals surface area contributed by atoms with Crippen molar-refractivity contribution in [1.82, 2.24) is 10.3 Å². The van der Waals surface area contributed by atoms with Crippen LogP contribution in [0.25, 0.3) is 0 Å². The summed E-state index contributed by atoms with van der Waals surface area (Å²) in [6.45, 7) is -0.0596. The first-order valence-corrected chi connectivity index (χ1v) is 10.6. The minimum atomic E-state index is -0.463. The molecular weight excluding hydrogens is 364 g/mol. The molecule has 146 valence electrons. The summed E-state index contributed by atoms with van der Waals surface area (Å²) in [5.41, 5.74) is 5.84. The average molecular weight is 391 g/mol. The van der Waals surface area contributed by atoms with E-state index in [0.29, 0.717) is 17.2 Å². The number of carbonyl (C=O) groups excluding carboxylic acids is 3. The van der Waals surface area contributed by atoms with Crippen LogP contribution in [0.4, 0.5) is 5.13 Å². The van der Waals surface area contributed by atoms with Gasteiger partial charge in [0.25, 0.3) is 0 Å². The predicted molar refractivity (Wildman–Crippen MR) is 102 cm³/mol. The summed E-state index contributed by atoms with van der Waals surface area (Å²) in [6.07, 6.45) is 8.21. The van der Waals surface area contributed by atoms with Crippen LogP contribution in [0.15, 0.2) is 5.38 Å². The van der Waals surface area contributed by atoms with Crippen LogP contribution in [0, 0.1) is 23.2 Å². The molecule has 4 fully saturated rings. The number of nitrogens with zero attached hydrogens (tertiary/aromatic N) is 1. The fourth-order valence-electron chi connectivity index (χ4n) is 5.88. The second kappa shape index (κ2) is 7.22. The number of amides is 3. The lowest BCUT2D eigenvalue weighted by atomic mass is 9.49. The van der Waals surface area contributed by atoms with E-state index in [2.05, 4.69) is 15.6 Å². The van der Waals surface area contributed by atoms with Crippen molar-refractivity contribution in [2.24, 2.45) is 28.9 Å². The SMILES string of the molecule is NC(=O)Cc1csc(NC(=O)CNC(=O)CC23CC4CC(CC(C4)C2)C3)n1. The number of nitrogens with two attached hydrogens (primary N) is 1. The van der Waals surface area contributed by atoms with Gasteiger partial charge in [0.2, 0.25) is 17.7 Å². The van der Waals surface area contributed by atoms with Crippen LogP contribution in [0.1, 0.15) is 50.6 Å². The molecule has 4 bridgehead atoms. The third-order valence-corrected chi connectivity index (χ3v) is 7.11. The van der Waals surface area contributed by atoms with Gasteiger partial charge in [0.1, 0.15) is 0 Å². The maximum absolute atomic E-state index is 12.5. The van der Waals surface area contributed by atoms with E-state index in [1.165, 1.54) is 49.9 Å². The van der Waals surface area contributed by atoms with Gasteiger partial charge in [0.15, 0.2) is 5.13 Å². The summed E-state index contributed by atoms with van der Waals surface area (Å²) in [4.78, 5) is 39.5. The minimum Gasteiger partial charge on any atom is -0.369 e. The van der Waals surface area contributed by atoms with Crippen molar-refractivity contribution < 1.29 is 14.4 Å². The van der Waals surface area contributed by atoms with Crippen LogP contribution >= 0.6 is 11.3 Å². The van der Waals surface area contributed by atoms with Crippen molar-refractivity contribution in [3.05, 3.63) is 11.1 Å².